The lowest BCUT2D eigenvalue weighted by atomic mass is 10.0. The van der Waals surface area contributed by atoms with Gasteiger partial charge < -0.3 is 0 Å². The smallest absolute Gasteiger partial charge is 0.168 e. The van der Waals surface area contributed by atoms with Crippen LogP contribution in [0.15, 0.2) is 36.7 Å². The van der Waals surface area contributed by atoms with E-state index in [9.17, 15) is 13.6 Å². The Morgan fingerprint density at radius 3 is 2.59 bits per heavy atom. The van der Waals surface area contributed by atoms with Gasteiger partial charge in [-0.25, -0.2) is 8.78 Å². The summed E-state index contributed by atoms with van der Waals surface area (Å²) < 4.78 is 25.6. The van der Waals surface area contributed by atoms with Crippen LogP contribution in [0.5, 0.6) is 0 Å². The first-order valence-electron chi connectivity index (χ1n) is 4.90. The number of halogens is 2. The molecule has 3 nitrogen and oxygen atoms in total. The molecule has 0 saturated carbocycles. The third-order valence-corrected chi connectivity index (χ3v) is 2.25. The molecule has 0 N–H and O–H groups in total. The lowest BCUT2D eigenvalue weighted by molar-refractivity contribution is 0.0992. The van der Waals surface area contributed by atoms with Crippen LogP contribution < -0.4 is 0 Å². The highest BCUT2D eigenvalue weighted by molar-refractivity contribution is 5.97. The molecular formula is C12H8F2N2O. The van der Waals surface area contributed by atoms with Crippen molar-refractivity contribution >= 4 is 5.78 Å². The summed E-state index contributed by atoms with van der Waals surface area (Å²) in [6, 6.07) is 4.92. The number of nitrogens with zero attached hydrogens (tertiary/aromatic N) is 2. The third-order valence-electron chi connectivity index (χ3n) is 2.25. The number of ketones is 1. The average molecular weight is 234 g/mol. The first-order chi connectivity index (χ1) is 8.16. The molecule has 0 amide bonds. The molecule has 5 heteroatoms. The SMILES string of the molecule is O=C(Cc1ccc(F)c(F)c1)c1ccnnc1. The molecule has 1 heterocycles. The quantitative estimate of drug-likeness (QED) is 0.764. The van der Waals surface area contributed by atoms with E-state index < -0.39 is 11.6 Å². The molecule has 2 rings (SSSR count). The first kappa shape index (κ1) is 11.3. The van der Waals surface area contributed by atoms with E-state index in [0.29, 0.717) is 11.1 Å². The van der Waals surface area contributed by atoms with Gasteiger partial charge in [0.05, 0.1) is 12.4 Å². The highest BCUT2D eigenvalue weighted by Crippen LogP contribution is 2.11. The molecule has 86 valence electrons. The van der Waals surface area contributed by atoms with Gasteiger partial charge in [0.1, 0.15) is 0 Å². The average Bonchev–Trinajstić information content (AvgIpc) is 2.35. The molecule has 1 aromatic heterocycles. The zero-order valence-corrected chi connectivity index (χ0v) is 8.73. The van der Waals surface area contributed by atoms with Gasteiger partial charge in [-0.3, -0.25) is 4.79 Å². The molecule has 1 aromatic carbocycles. The number of hydrogen-bond donors (Lipinski definition) is 0. The molecule has 2 aromatic rings. The van der Waals surface area contributed by atoms with Crippen LogP contribution >= 0.6 is 0 Å². The molecular weight excluding hydrogens is 226 g/mol. The van der Waals surface area contributed by atoms with E-state index >= 15 is 0 Å². The predicted octanol–water partition coefficient (Wildman–Crippen LogP) is 2.18. The zero-order valence-electron chi connectivity index (χ0n) is 8.73. The summed E-state index contributed by atoms with van der Waals surface area (Å²) >= 11 is 0. The Kier molecular flexibility index (Phi) is 3.18. The van der Waals surface area contributed by atoms with Gasteiger partial charge >= 0.3 is 0 Å². The van der Waals surface area contributed by atoms with E-state index in [1.54, 1.807) is 0 Å². The number of rotatable bonds is 3. The fourth-order valence-corrected chi connectivity index (χ4v) is 1.39. The van der Waals surface area contributed by atoms with Crippen molar-refractivity contribution in [3.63, 3.8) is 0 Å². The number of hydrogen-bond acceptors (Lipinski definition) is 3. The molecule has 0 aliphatic rings. The van der Waals surface area contributed by atoms with Crippen molar-refractivity contribution in [3.8, 4) is 0 Å². The van der Waals surface area contributed by atoms with E-state index in [2.05, 4.69) is 10.2 Å². The molecule has 0 atom stereocenters. The number of carbonyl (C=O) groups is 1. The third kappa shape index (κ3) is 2.69. The van der Waals surface area contributed by atoms with Crippen LogP contribution in [0.1, 0.15) is 15.9 Å². The monoisotopic (exact) mass is 234 g/mol. The second-order valence-electron chi connectivity index (χ2n) is 3.48. The van der Waals surface area contributed by atoms with Crippen LogP contribution in [-0.4, -0.2) is 16.0 Å². The standard InChI is InChI=1S/C12H8F2N2O/c13-10-2-1-8(5-11(10)14)6-12(17)9-3-4-15-16-7-9/h1-5,7H,6H2. The van der Waals surface area contributed by atoms with E-state index in [-0.39, 0.29) is 12.2 Å². The maximum absolute atomic E-state index is 12.9. The minimum absolute atomic E-state index is 0.00287. The van der Waals surface area contributed by atoms with Gasteiger partial charge in [-0.1, -0.05) is 6.07 Å². The van der Waals surface area contributed by atoms with Gasteiger partial charge in [0.2, 0.25) is 0 Å². The number of carbonyl (C=O) groups excluding carboxylic acids is 1. The molecule has 0 spiro atoms. The molecule has 17 heavy (non-hydrogen) atoms. The summed E-state index contributed by atoms with van der Waals surface area (Å²) in [7, 11) is 0. The second kappa shape index (κ2) is 4.78. The number of benzene rings is 1. The number of Topliss-reactive ketones (excluding diaryl/α,β-unsaturated/α-hetero) is 1. The molecule has 0 bridgehead atoms. The van der Waals surface area contributed by atoms with Crippen LogP contribution in [0.4, 0.5) is 8.78 Å². The molecule has 0 saturated heterocycles. The van der Waals surface area contributed by atoms with Gasteiger partial charge in [0.25, 0.3) is 0 Å². The second-order valence-corrected chi connectivity index (χ2v) is 3.48. The van der Waals surface area contributed by atoms with Gasteiger partial charge in [-0.05, 0) is 23.8 Å². The van der Waals surface area contributed by atoms with Crippen molar-refractivity contribution in [2.45, 2.75) is 6.42 Å². The van der Waals surface area contributed by atoms with Crippen LogP contribution in [-0.2, 0) is 6.42 Å². The summed E-state index contributed by atoms with van der Waals surface area (Å²) in [6.45, 7) is 0. The van der Waals surface area contributed by atoms with Crippen LogP contribution in [0, 0.1) is 11.6 Å². The van der Waals surface area contributed by atoms with Gasteiger partial charge in [0, 0.05) is 12.0 Å². The highest BCUT2D eigenvalue weighted by Gasteiger charge is 2.09. The first-order valence-corrected chi connectivity index (χ1v) is 4.90. The molecule has 0 fully saturated rings. The summed E-state index contributed by atoms with van der Waals surface area (Å²) in [6.07, 6.45) is 2.74. The van der Waals surface area contributed by atoms with Crippen molar-refractivity contribution in [1.82, 2.24) is 10.2 Å². The van der Waals surface area contributed by atoms with Crippen LogP contribution in [0.3, 0.4) is 0 Å². The van der Waals surface area contributed by atoms with Crippen molar-refractivity contribution < 1.29 is 13.6 Å². The minimum atomic E-state index is -0.955. The van der Waals surface area contributed by atoms with Gasteiger partial charge in [-0.2, -0.15) is 10.2 Å². The maximum atomic E-state index is 12.9. The summed E-state index contributed by atoms with van der Waals surface area (Å²) in [4.78, 5) is 11.7. The normalized spacial score (nSPS) is 10.2. The van der Waals surface area contributed by atoms with Crippen molar-refractivity contribution in [3.05, 3.63) is 59.4 Å². The zero-order chi connectivity index (χ0) is 12.3. The lowest BCUT2D eigenvalue weighted by Crippen LogP contribution is -2.04. The molecule has 0 radical (unpaired) electrons. The lowest BCUT2D eigenvalue weighted by Gasteiger charge is -2.01. The Labute approximate surface area is 96.1 Å². The summed E-state index contributed by atoms with van der Waals surface area (Å²) in [5.74, 6) is -2.10. The van der Waals surface area contributed by atoms with Crippen LogP contribution in [0.25, 0.3) is 0 Å². The van der Waals surface area contributed by atoms with E-state index in [4.69, 9.17) is 0 Å². The summed E-state index contributed by atoms with van der Waals surface area (Å²) in [5.41, 5.74) is 0.815. The van der Waals surface area contributed by atoms with Gasteiger partial charge in [0.15, 0.2) is 17.4 Å². The van der Waals surface area contributed by atoms with Crippen molar-refractivity contribution in [1.29, 1.82) is 0 Å². The molecule has 0 aliphatic heterocycles. The number of aromatic nitrogens is 2. The predicted molar refractivity (Wildman–Crippen MR) is 56.4 cm³/mol. The molecule has 0 unspecified atom stereocenters. The fourth-order valence-electron chi connectivity index (χ4n) is 1.39. The Bertz CT molecular complexity index is 543. The Hall–Kier alpha value is -2.17. The Morgan fingerprint density at radius 2 is 1.94 bits per heavy atom. The van der Waals surface area contributed by atoms with Crippen LogP contribution in [0.2, 0.25) is 0 Å². The van der Waals surface area contributed by atoms with E-state index in [0.717, 1.165) is 12.1 Å². The largest absolute Gasteiger partial charge is 0.294 e. The van der Waals surface area contributed by atoms with Gasteiger partial charge in [-0.15, -0.1) is 0 Å². The Balaban J connectivity index is 2.16. The Morgan fingerprint density at radius 1 is 1.12 bits per heavy atom. The fraction of sp³-hybridized carbons (Fsp3) is 0.0833. The topological polar surface area (TPSA) is 42.9 Å². The van der Waals surface area contributed by atoms with E-state index in [1.807, 2.05) is 0 Å². The summed E-state index contributed by atoms with van der Waals surface area (Å²) in [5, 5.41) is 7.12. The minimum Gasteiger partial charge on any atom is -0.294 e. The van der Waals surface area contributed by atoms with Crippen molar-refractivity contribution in [2.75, 3.05) is 0 Å². The van der Waals surface area contributed by atoms with Crippen molar-refractivity contribution in [2.24, 2.45) is 0 Å². The molecule has 0 aliphatic carbocycles. The maximum Gasteiger partial charge on any atom is 0.168 e. The van der Waals surface area contributed by atoms with E-state index in [1.165, 1.54) is 24.5 Å². The highest BCUT2D eigenvalue weighted by atomic mass is 19.2.